The molecule has 15 heavy (non-hydrogen) atoms. The van der Waals surface area contributed by atoms with Gasteiger partial charge in [-0.05, 0) is 18.6 Å². The van der Waals surface area contributed by atoms with Crippen molar-refractivity contribution in [3.8, 4) is 0 Å². The molecule has 3 nitrogen and oxygen atoms in total. The molecule has 0 aliphatic rings. The van der Waals surface area contributed by atoms with Crippen molar-refractivity contribution in [3.63, 3.8) is 0 Å². The van der Waals surface area contributed by atoms with Crippen molar-refractivity contribution in [3.05, 3.63) is 23.5 Å². The van der Waals surface area contributed by atoms with Crippen molar-refractivity contribution in [1.82, 2.24) is 4.98 Å². The topological polar surface area (TPSA) is 42.0 Å². The first-order chi connectivity index (χ1) is 7.09. The third-order valence-corrected chi connectivity index (χ3v) is 3.75. The second-order valence-corrected chi connectivity index (χ2v) is 5.58. The maximum absolute atomic E-state index is 11.1. The van der Waals surface area contributed by atoms with Crippen LogP contribution in [0.25, 0.3) is 0 Å². The van der Waals surface area contributed by atoms with E-state index in [9.17, 15) is 4.21 Å². The number of pyridine rings is 1. The van der Waals surface area contributed by atoms with Crippen LogP contribution < -0.4 is 5.32 Å². The van der Waals surface area contributed by atoms with E-state index in [1.807, 2.05) is 13.0 Å². The van der Waals surface area contributed by atoms with Crippen LogP contribution in [0.4, 0.5) is 5.69 Å². The van der Waals surface area contributed by atoms with Crippen molar-refractivity contribution in [1.29, 1.82) is 0 Å². The van der Waals surface area contributed by atoms with Crippen LogP contribution in [-0.2, 0) is 10.8 Å². The zero-order chi connectivity index (χ0) is 11.3. The Kier molecular flexibility index (Phi) is 5.05. The van der Waals surface area contributed by atoms with Crippen LogP contribution in [0, 0.1) is 0 Å². The fraction of sp³-hybridized carbons (Fsp3) is 0.500. The van der Waals surface area contributed by atoms with Gasteiger partial charge in [-0.15, -0.1) is 0 Å². The summed E-state index contributed by atoms with van der Waals surface area (Å²) in [4.78, 5) is 3.89. The summed E-state index contributed by atoms with van der Waals surface area (Å²) in [5.41, 5.74) is 0.948. The van der Waals surface area contributed by atoms with E-state index in [-0.39, 0.29) is 5.25 Å². The zero-order valence-corrected chi connectivity index (χ0v) is 10.4. The molecule has 1 N–H and O–H groups in total. The monoisotopic (exact) mass is 246 g/mol. The lowest BCUT2D eigenvalue weighted by Crippen LogP contribution is -2.14. The SMILES string of the molecule is CC(CCNc1ccnc(Cl)c1)S(C)=O. The molecule has 0 aromatic carbocycles. The molecule has 0 aliphatic heterocycles. The Labute approximate surface area is 97.7 Å². The number of nitrogens with zero attached hydrogens (tertiary/aromatic N) is 1. The van der Waals surface area contributed by atoms with Gasteiger partial charge in [-0.3, -0.25) is 4.21 Å². The minimum atomic E-state index is -0.751. The van der Waals surface area contributed by atoms with Crippen LogP contribution in [0.15, 0.2) is 18.3 Å². The molecule has 1 aromatic rings. The van der Waals surface area contributed by atoms with E-state index < -0.39 is 10.8 Å². The highest BCUT2D eigenvalue weighted by Gasteiger charge is 2.04. The molecule has 0 saturated heterocycles. The Morgan fingerprint density at radius 2 is 2.40 bits per heavy atom. The van der Waals surface area contributed by atoms with Crippen LogP contribution in [0.2, 0.25) is 5.15 Å². The van der Waals surface area contributed by atoms with Crippen LogP contribution in [-0.4, -0.2) is 27.2 Å². The number of aromatic nitrogens is 1. The van der Waals surface area contributed by atoms with E-state index in [0.29, 0.717) is 5.15 Å². The van der Waals surface area contributed by atoms with Crippen molar-refractivity contribution < 1.29 is 4.21 Å². The first-order valence-electron chi connectivity index (χ1n) is 4.77. The van der Waals surface area contributed by atoms with Gasteiger partial charge in [-0.1, -0.05) is 18.5 Å². The van der Waals surface area contributed by atoms with E-state index >= 15 is 0 Å². The Balaban J connectivity index is 2.35. The maximum Gasteiger partial charge on any atom is 0.131 e. The normalized spacial score (nSPS) is 14.6. The molecular weight excluding hydrogens is 232 g/mol. The molecule has 1 aromatic heterocycles. The lowest BCUT2D eigenvalue weighted by atomic mass is 10.3. The molecule has 0 spiro atoms. The Morgan fingerprint density at radius 1 is 1.67 bits per heavy atom. The number of anilines is 1. The second kappa shape index (κ2) is 6.08. The molecule has 5 heteroatoms. The van der Waals surface area contributed by atoms with Crippen molar-refractivity contribution in [2.45, 2.75) is 18.6 Å². The number of hydrogen-bond donors (Lipinski definition) is 1. The number of halogens is 1. The van der Waals surface area contributed by atoms with Gasteiger partial charge in [-0.25, -0.2) is 4.98 Å². The van der Waals surface area contributed by atoms with Gasteiger partial charge in [0.2, 0.25) is 0 Å². The van der Waals surface area contributed by atoms with Crippen molar-refractivity contribution in [2.75, 3.05) is 18.1 Å². The van der Waals surface area contributed by atoms with E-state index in [0.717, 1.165) is 18.7 Å². The van der Waals surface area contributed by atoms with Crippen LogP contribution in [0.1, 0.15) is 13.3 Å². The molecule has 84 valence electrons. The van der Waals surface area contributed by atoms with Gasteiger partial charge in [0, 0.05) is 40.7 Å². The minimum absolute atomic E-state index is 0.217. The summed E-state index contributed by atoms with van der Waals surface area (Å²) in [6.45, 7) is 2.78. The van der Waals surface area contributed by atoms with Gasteiger partial charge in [-0.2, -0.15) is 0 Å². The molecule has 0 radical (unpaired) electrons. The largest absolute Gasteiger partial charge is 0.385 e. The van der Waals surface area contributed by atoms with E-state index in [2.05, 4.69) is 10.3 Å². The van der Waals surface area contributed by atoms with E-state index in [1.165, 1.54) is 0 Å². The molecule has 0 aliphatic carbocycles. The highest BCUT2D eigenvalue weighted by molar-refractivity contribution is 7.84. The molecule has 1 heterocycles. The van der Waals surface area contributed by atoms with Crippen LogP contribution in [0.3, 0.4) is 0 Å². The lowest BCUT2D eigenvalue weighted by molar-refractivity contribution is 0.672. The van der Waals surface area contributed by atoms with Crippen LogP contribution in [0.5, 0.6) is 0 Å². The first-order valence-corrected chi connectivity index (χ1v) is 6.77. The van der Waals surface area contributed by atoms with Gasteiger partial charge in [0.25, 0.3) is 0 Å². The standard InChI is InChI=1S/C10H15ClN2OS/c1-8(15(2)14)3-5-12-9-4-6-13-10(11)7-9/h4,6-8H,3,5H2,1-2H3,(H,12,13). The summed E-state index contributed by atoms with van der Waals surface area (Å²) in [7, 11) is -0.751. The fourth-order valence-electron chi connectivity index (χ4n) is 1.10. The molecule has 0 saturated carbocycles. The predicted octanol–water partition coefficient (Wildman–Crippen LogP) is 2.30. The number of hydrogen-bond acceptors (Lipinski definition) is 3. The second-order valence-electron chi connectivity index (χ2n) is 3.39. The molecule has 0 bridgehead atoms. The molecular formula is C10H15ClN2OS. The average molecular weight is 247 g/mol. The van der Waals surface area contributed by atoms with Crippen molar-refractivity contribution in [2.24, 2.45) is 0 Å². The Hall–Kier alpha value is -0.610. The van der Waals surface area contributed by atoms with E-state index in [1.54, 1.807) is 18.5 Å². The molecule has 2 atom stereocenters. The van der Waals surface area contributed by atoms with Gasteiger partial charge in [0.05, 0.1) is 0 Å². The summed E-state index contributed by atoms with van der Waals surface area (Å²) in [5.74, 6) is 0. The zero-order valence-electron chi connectivity index (χ0n) is 8.87. The highest BCUT2D eigenvalue weighted by Crippen LogP contribution is 2.12. The average Bonchev–Trinajstić information content (AvgIpc) is 2.17. The molecule has 0 fully saturated rings. The van der Waals surface area contributed by atoms with Crippen molar-refractivity contribution >= 4 is 28.1 Å². The molecule has 1 rings (SSSR count). The molecule has 0 amide bonds. The predicted molar refractivity (Wildman–Crippen MR) is 65.9 cm³/mol. The summed E-state index contributed by atoms with van der Waals surface area (Å²) in [5, 5.41) is 3.91. The van der Waals surface area contributed by atoms with Gasteiger partial charge in [0.15, 0.2) is 0 Å². The summed E-state index contributed by atoms with van der Waals surface area (Å²) in [6.07, 6.45) is 4.27. The summed E-state index contributed by atoms with van der Waals surface area (Å²) < 4.78 is 11.1. The summed E-state index contributed by atoms with van der Waals surface area (Å²) >= 11 is 5.74. The minimum Gasteiger partial charge on any atom is -0.385 e. The maximum atomic E-state index is 11.1. The highest BCUT2D eigenvalue weighted by atomic mass is 35.5. The van der Waals surface area contributed by atoms with Gasteiger partial charge in [0.1, 0.15) is 5.15 Å². The quantitative estimate of drug-likeness (QED) is 0.811. The number of rotatable bonds is 5. The van der Waals surface area contributed by atoms with Gasteiger partial charge < -0.3 is 5.32 Å². The summed E-state index contributed by atoms with van der Waals surface area (Å²) in [6, 6.07) is 3.63. The van der Waals surface area contributed by atoms with Crippen LogP contribution >= 0.6 is 11.6 Å². The lowest BCUT2D eigenvalue weighted by Gasteiger charge is -2.10. The number of nitrogens with one attached hydrogen (secondary N) is 1. The Morgan fingerprint density at radius 3 is 3.00 bits per heavy atom. The van der Waals surface area contributed by atoms with Gasteiger partial charge >= 0.3 is 0 Å². The smallest absolute Gasteiger partial charge is 0.131 e. The van der Waals surface area contributed by atoms with E-state index in [4.69, 9.17) is 11.6 Å². The fourth-order valence-corrected chi connectivity index (χ4v) is 1.72. The first kappa shape index (κ1) is 12.5. The Bertz CT molecular complexity index is 346. The molecule has 2 unspecified atom stereocenters. The third-order valence-electron chi connectivity index (χ3n) is 2.17. The third kappa shape index (κ3) is 4.62.